The van der Waals surface area contributed by atoms with Crippen LogP contribution in [0.25, 0.3) is 0 Å². The van der Waals surface area contributed by atoms with Gasteiger partial charge < -0.3 is 10.1 Å². The van der Waals surface area contributed by atoms with Gasteiger partial charge in [0, 0.05) is 18.4 Å². The standard InChI is InChI=1S/C16H21N3OS/c1-16(13-4-6-17-7-5-13)20-10-18-15(21-16)19-14-9-11-2-3-12(14)8-11/h4-7,11-12,14H,2-3,8-10H2,1H3,(H,18,19)/t11-,12+,14+,16?/m1/s1. The Morgan fingerprint density at radius 3 is 2.86 bits per heavy atom. The summed E-state index contributed by atoms with van der Waals surface area (Å²) in [6, 6.07) is 4.66. The van der Waals surface area contributed by atoms with Gasteiger partial charge in [0.25, 0.3) is 0 Å². The van der Waals surface area contributed by atoms with E-state index in [-0.39, 0.29) is 4.93 Å². The van der Waals surface area contributed by atoms with Crippen LogP contribution in [-0.4, -0.2) is 22.9 Å². The maximum atomic E-state index is 5.92. The number of amidine groups is 1. The van der Waals surface area contributed by atoms with Crippen molar-refractivity contribution in [2.45, 2.75) is 43.6 Å². The Hall–Kier alpha value is -1.07. The molecule has 2 heterocycles. The summed E-state index contributed by atoms with van der Waals surface area (Å²) in [5.41, 5.74) is 1.14. The van der Waals surface area contributed by atoms with E-state index in [0.29, 0.717) is 12.8 Å². The lowest BCUT2D eigenvalue weighted by molar-refractivity contribution is 0.0400. The first-order valence-corrected chi connectivity index (χ1v) is 8.59. The lowest BCUT2D eigenvalue weighted by Gasteiger charge is -2.34. The van der Waals surface area contributed by atoms with Gasteiger partial charge in [0.15, 0.2) is 5.17 Å². The second kappa shape index (κ2) is 5.29. The number of aromatic nitrogens is 1. The fourth-order valence-corrected chi connectivity index (χ4v) is 4.97. The summed E-state index contributed by atoms with van der Waals surface area (Å²) in [6.07, 6.45) is 9.18. The molecule has 0 spiro atoms. The molecule has 3 aliphatic rings. The van der Waals surface area contributed by atoms with Gasteiger partial charge in [0.05, 0.1) is 0 Å². The molecule has 0 saturated heterocycles. The van der Waals surface area contributed by atoms with E-state index < -0.39 is 0 Å². The highest BCUT2D eigenvalue weighted by atomic mass is 32.2. The smallest absolute Gasteiger partial charge is 0.162 e. The lowest BCUT2D eigenvalue weighted by atomic mass is 9.96. The summed E-state index contributed by atoms with van der Waals surface area (Å²) in [7, 11) is 0. The van der Waals surface area contributed by atoms with E-state index in [0.717, 1.165) is 22.6 Å². The topological polar surface area (TPSA) is 46.5 Å². The molecule has 4 atom stereocenters. The van der Waals surface area contributed by atoms with Crippen molar-refractivity contribution in [1.82, 2.24) is 10.3 Å². The number of ether oxygens (including phenoxy) is 1. The number of fused-ring (bicyclic) bond motifs is 2. The zero-order valence-electron chi connectivity index (χ0n) is 12.3. The number of thioether (sulfide) groups is 1. The van der Waals surface area contributed by atoms with E-state index >= 15 is 0 Å². The average Bonchev–Trinajstić information content (AvgIpc) is 3.11. The van der Waals surface area contributed by atoms with Crippen LogP contribution in [0.2, 0.25) is 0 Å². The highest BCUT2D eigenvalue weighted by molar-refractivity contribution is 8.14. The van der Waals surface area contributed by atoms with Crippen molar-refractivity contribution in [3.05, 3.63) is 30.1 Å². The van der Waals surface area contributed by atoms with Crippen LogP contribution < -0.4 is 5.32 Å². The minimum atomic E-state index is -0.370. The lowest BCUT2D eigenvalue weighted by Crippen LogP contribution is -2.41. The van der Waals surface area contributed by atoms with E-state index in [1.165, 1.54) is 25.7 Å². The van der Waals surface area contributed by atoms with Gasteiger partial charge in [-0.05, 0) is 67.5 Å². The van der Waals surface area contributed by atoms with Crippen LogP contribution in [0.3, 0.4) is 0 Å². The van der Waals surface area contributed by atoms with Gasteiger partial charge in [-0.2, -0.15) is 0 Å². The minimum absolute atomic E-state index is 0.370. The van der Waals surface area contributed by atoms with Gasteiger partial charge in [0.2, 0.25) is 0 Å². The highest BCUT2D eigenvalue weighted by Crippen LogP contribution is 2.46. The van der Waals surface area contributed by atoms with Crippen LogP contribution in [0.1, 0.15) is 38.2 Å². The first-order valence-electron chi connectivity index (χ1n) is 7.77. The third-order valence-corrected chi connectivity index (χ3v) is 6.27. The normalized spacial score (nSPS) is 38.3. The molecule has 1 aromatic rings. The molecular formula is C16H21N3OS. The number of hydrogen-bond acceptors (Lipinski definition) is 5. The van der Waals surface area contributed by atoms with Crippen molar-refractivity contribution < 1.29 is 4.74 Å². The fourth-order valence-electron chi connectivity index (χ4n) is 3.91. The Kier molecular flexibility index (Phi) is 3.42. The van der Waals surface area contributed by atoms with E-state index in [2.05, 4.69) is 22.2 Å². The van der Waals surface area contributed by atoms with Gasteiger partial charge in [-0.1, -0.05) is 6.42 Å². The number of nitrogens with one attached hydrogen (secondary N) is 1. The Morgan fingerprint density at radius 1 is 1.29 bits per heavy atom. The zero-order chi connectivity index (χ0) is 14.3. The third-order valence-electron chi connectivity index (χ3n) is 5.09. The van der Waals surface area contributed by atoms with Crippen molar-refractivity contribution >= 4 is 16.9 Å². The number of nitrogens with zero attached hydrogens (tertiary/aromatic N) is 2. The number of aliphatic imine (C=N–C) groups is 1. The molecule has 1 unspecified atom stereocenters. The molecule has 4 rings (SSSR count). The van der Waals surface area contributed by atoms with E-state index in [1.807, 2.05) is 24.5 Å². The number of pyridine rings is 1. The Bertz CT molecular complexity index is 550. The largest absolute Gasteiger partial charge is 0.362 e. The Morgan fingerprint density at radius 2 is 2.14 bits per heavy atom. The van der Waals surface area contributed by atoms with Crippen molar-refractivity contribution in [3.63, 3.8) is 0 Å². The quantitative estimate of drug-likeness (QED) is 0.912. The van der Waals surface area contributed by atoms with Crippen LogP contribution in [0.15, 0.2) is 29.5 Å². The second-order valence-corrected chi connectivity index (χ2v) is 7.82. The molecule has 1 N–H and O–H groups in total. The highest BCUT2D eigenvalue weighted by Gasteiger charge is 2.41. The van der Waals surface area contributed by atoms with E-state index in [9.17, 15) is 0 Å². The maximum Gasteiger partial charge on any atom is 0.162 e. The SMILES string of the molecule is CC1(c2ccncc2)OCN=C(N[C@H]2C[C@@H]3CC[C@H]2C3)S1. The molecule has 1 aromatic heterocycles. The van der Waals surface area contributed by atoms with Crippen molar-refractivity contribution in [3.8, 4) is 0 Å². The predicted molar refractivity (Wildman–Crippen MR) is 84.9 cm³/mol. The van der Waals surface area contributed by atoms with Crippen molar-refractivity contribution in [1.29, 1.82) is 0 Å². The summed E-state index contributed by atoms with van der Waals surface area (Å²) < 4.78 is 5.92. The molecule has 21 heavy (non-hydrogen) atoms. The summed E-state index contributed by atoms with van der Waals surface area (Å²) in [6.45, 7) is 2.54. The zero-order valence-corrected chi connectivity index (χ0v) is 13.1. The summed E-state index contributed by atoms with van der Waals surface area (Å²) in [5, 5.41) is 4.73. The molecule has 0 amide bonds. The predicted octanol–water partition coefficient (Wildman–Crippen LogP) is 3.11. The summed E-state index contributed by atoms with van der Waals surface area (Å²) in [5.74, 6) is 1.80. The minimum Gasteiger partial charge on any atom is -0.362 e. The summed E-state index contributed by atoms with van der Waals surface area (Å²) in [4.78, 5) is 8.25. The fraction of sp³-hybridized carbons (Fsp3) is 0.625. The monoisotopic (exact) mass is 303 g/mol. The first kappa shape index (κ1) is 13.6. The van der Waals surface area contributed by atoms with Crippen LogP contribution in [0.5, 0.6) is 0 Å². The molecule has 2 fully saturated rings. The number of rotatable bonds is 2. The molecule has 2 bridgehead atoms. The molecule has 5 heteroatoms. The molecule has 0 radical (unpaired) electrons. The Labute approximate surface area is 129 Å². The first-order chi connectivity index (χ1) is 10.2. The molecule has 0 aromatic carbocycles. The van der Waals surface area contributed by atoms with Gasteiger partial charge >= 0.3 is 0 Å². The molecule has 112 valence electrons. The van der Waals surface area contributed by atoms with E-state index in [1.54, 1.807) is 11.8 Å². The maximum absolute atomic E-state index is 5.92. The van der Waals surface area contributed by atoms with Crippen LogP contribution >= 0.6 is 11.8 Å². The van der Waals surface area contributed by atoms with Crippen molar-refractivity contribution in [2.24, 2.45) is 16.8 Å². The van der Waals surface area contributed by atoms with Gasteiger partial charge in [-0.25, -0.2) is 4.99 Å². The third kappa shape index (κ3) is 2.57. The second-order valence-electron chi connectivity index (χ2n) is 6.45. The molecule has 2 aliphatic carbocycles. The van der Waals surface area contributed by atoms with Crippen LogP contribution in [0, 0.1) is 11.8 Å². The van der Waals surface area contributed by atoms with Gasteiger partial charge in [-0.15, -0.1) is 0 Å². The summed E-state index contributed by atoms with van der Waals surface area (Å²) >= 11 is 1.69. The van der Waals surface area contributed by atoms with Gasteiger partial charge in [0.1, 0.15) is 11.7 Å². The molecular weight excluding hydrogens is 282 g/mol. The number of hydrogen-bond donors (Lipinski definition) is 1. The molecule has 4 nitrogen and oxygen atoms in total. The molecule has 1 aliphatic heterocycles. The van der Waals surface area contributed by atoms with E-state index in [4.69, 9.17) is 4.74 Å². The Balaban J connectivity index is 1.47. The van der Waals surface area contributed by atoms with Gasteiger partial charge in [-0.3, -0.25) is 4.98 Å². The average molecular weight is 303 g/mol. The van der Waals surface area contributed by atoms with Crippen molar-refractivity contribution in [2.75, 3.05) is 6.73 Å². The van der Waals surface area contributed by atoms with Crippen LogP contribution in [-0.2, 0) is 9.67 Å². The van der Waals surface area contributed by atoms with Crippen LogP contribution in [0.4, 0.5) is 0 Å². The molecule has 2 saturated carbocycles.